The number of hydrogen-bond donors (Lipinski definition) is 2. The van der Waals surface area contributed by atoms with Crippen LogP contribution < -0.4 is 20.4 Å². The fourth-order valence-electron chi connectivity index (χ4n) is 4.51. The first-order valence-electron chi connectivity index (χ1n) is 11.5. The van der Waals surface area contributed by atoms with E-state index in [4.69, 9.17) is 0 Å². The first-order chi connectivity index (χ1) is 16.6. The molecule has 0 bridgehead atoms. The Morgan fingerprint density at radius 1 is 0.794 bits per heavy atom. The van der Waals surface area contributed by atoms with Gasteiger partial charge in [0, 0.05) is 47.8 Å². The number of carbonyl (C=O) groups excluding carboxylic acids is 3. The second-order valence-corrected chi connectivity index (χ2v) is 8.50. The fraction of sp³-hybridized carbons (Fsp3) is 0.222. The molecule has 2 heterocycles. The van der Waals surface area contributed by atoms with E-state index in [9.17, 15) is 14.4 Å². The standard InChI is InChI=1S/C27H26N4O3/c32-25(18-28-27(34)20-7-11-23(12-8-20)31-16-3-6-26(31)33)29-21-9-13-22(14-10-21)30-17-15-19-4-1-2-5-24(19)30/h1-2,4-5,7-14H,3,6,15-18H2,(H,28,34)(H,29,32). The van der Waals surface area contributed by atoms with Gasteiger partial charge in [0.15, 0.2) is 0 Å². The van der Waals surface area contributed by atoms with Crippen molar-refractivity contribution in [1.82, 2.24) is 5.32 Å². The Labute approximate surface area is 198 Å². The molecule has 172 valence electrons. The van der Waals surface area contributed by atoms with Crippen molar-refractivity contribution < 1.29 is 14.4 Å². The van der Waals surface area contributed by atoms with Crippen LogP contribution in [-0.4, -0.2) is 37.4 Å². The van der Waals surface area contributed by atoms with Gasteiger partial charge in [0.05, 0.1) is 6.54 Å². The van der Waals surface area contributed by atoms with Gasteiger partial charge < -0.3 is 20.4 Å². The Hall–Kier alpha value is -4.13. The first-order valence-corrected chi connectivity index (χ1v) is 11.5. The number of benzene rings is 3. The molecule has 0 saturated carbocycles. The maximum Gasteiger partial charge on any atom is 0.251 e. The van der Waals surface area contributed by atoms with Crippen LogP contribution in [-0.2, 0) is 16.0 Å². The van der Waals surface area contributed by atoms with E-state index in [-0.39, 0.29) is 24.3 Å². The third kappa shape index (κ3) is 4.50. The average Bonchev–Trinajstić information content (AvgIpc) is 3.49. The minimum atomic E-state index is -0.336. The predicted octanol–water partition coefficient (Wildman–Crippen LogP) is 3.88. The smallest absolute Gasteiger partial charge is 0.251 e. The summed E-state index contributed by atoms with van der Waals surface area (Å²) in [4.78, 5) is 40.6. The summed E-state index contributed by atoms with van der Waals surface area (Å²) in [5, 5.41) is 5.46. The van der Waals surface area contributed by atoms with Gasteiger partial charge in [-0.05, 0) is 73.0 Å². The van der Waals surface area contributed by atoms with Crippen molar-refractivity contribution in [3.63, 3.8) is 0 Å². The summed E-state index contributed by atoms with van der Waals surface area (Å²) in [5.41, 5.74) is 5.55. The van der Waals surface area contributed by atoms with E-state index in [1.165, 1.54) is 11.3 Å². The average molecular weight is 455 g/mol. The lowest BCUT2D eigenvalue weighted by molar-refractivity contribution is -0.117. The fourth-order valence-corrected chi connectivity index (χ4v) is 4.51. The molecule has 5 rings (SSSR count). The Morgan fingerprint density at radius 2 is 1.50 bits per heavy atom. The van der Waals surface area contributed by atoms with Crippen molar-refractivity contribution >= 4 is 40.5 Å². The van der Waals surface area contributed by atoms with Crippen LogP contribution in [0.5, 0.6) is 0 Å². The molecule has 0 aromatic heterocycles. The molecule has 0 unspecified atom stereocenters. The zero-order valence-corrected chi connectivity index (χ0v) is 18.8. The summed E-state index contributed by atoms with van der Waals surface area (Å²) in [7, 11) is 0. The predicted molar refractivity (Wildman–Crippen MR) is 133 cm³/mol. The molecule has 7 heteroatoms. The van der Waals surface area contributed by atoms with Crippen LogP contribution in [0.2, 0.25) is 0 Å². The minimum absolute atomic E-state index is 0.104. The minimum Gasteiger partial charge on any atom is -0.343 e. The number of rotatable bonds is 6. The molecule has 34 heavy (non-hydrogen) atoms. The third-order valence-corrected chi connectivity index (χ3v) is 6.27. The van der Waals surface area contributed by atoms with Gasteiger partial charge in [0.2, 0.25) is 11.8 Å². The number of carbonyl (C=O) groups is 3. The molecular weight excluding hydrogens is 428 g/mol. The van der Waals surface area contributed by atoms with Crippen LogP contribution in [0.3, 0.4) is 0 Å². The number of para-hydroxylation sites is 1. The SMILES string of the molecule is O=C(CNC(=O)c1ccc(N2CCCC2=O)cc1)Nc1ccc(N2CCc3ccccc32)cc1. The molecule has 3 amide bonds. The van der Waals surface area contributed by atoms with Gasteiger partial charge in [-0.1, -0.05) is 18.2 Å². The summed E-state index contributed by atoms with van der Waals surface area (Å²) in [6.45, 7) is 1.51. The molecule has 1 fully saturated rings. The van der Waals surface area contributed by atoms with E-state index in [2.05, 4.69) is 33.7 Å². The van der Waals surface area contributed by atoms with Crippen LogP contribution >= 0.6 is 0 Å². The third-order valence-electron chi connectivity index (χ3n) is 6.27. The summed E-state index contributed by atoms with van der Waals surface area (Å²) >= 11 is 0. The molecule has 1 saturated heterocycles. The van der Waals surface area contributed by atoms with Crippen molar-refractivity contribution in [2.75, 3.05) is 34.8 Å². The molecule has 0 aliphatic carbocycles. The summed E-state index contributed by atoms with van der Waals surface area (Å²) in [6.07, 6.45) is 2.44. The molecule has 0 atom stereocenters. The van der Waals surface area contributed by atoms with Gasteiger partial charge in [0.1, 0.15) is 0 Å². The van der Waals surface area contributed by atoms with Crippen molar-refractivity contribution in [3.05, 3.63) is 83.9 Å². The molecule has 3 aromatic rings. The van der Waals surface area contributed by atoms with Gasteiger partial charge in [-0.15, -0.1) is 0 Å². The van der Waals surface area contributed by atoms with Crippen LogP contribution in [0.1, 0.15) is 28.8 Å². The van der Waals surface area contributed by atoms with Crippen molar-refractivity contribution in [2.24, 2.45) is 0 Å². The highest BCUT2D eigenvalue weighted by Gasteiger charge is 2.22. The molecule has 0 radical (unpaired) electrons. The Kier molecular flexibility index (Phi) is 5.99. The van der Waals surface area contributed by atoms with E-state index >= 15 is 0 Å². The molecule has 7 nitrogen and oxygen atoms in total. The Balaban J connectivity index is 1.13. The molecule has 3 aromatic carbocycles. The summed E-state index contributed by atoms with van der Waals surface area (Å²) in [6, 6.07) is 23.0. The zero-order chi connectivity index (χ0) is 23.5. The number of nitrogens with zero attached hydrogens (tertiary/aromatic N) is 2. The molecule has 0 spiro atoms. The van der Waals surface area contributed by atoms with Crippen molar-refractivity contribution in [3.8, 4) is 0 Å². The summed E-state index contributed by atoms with van der Waals surface area (Å²) < 4.78 is 0. The van der Waals surface area contributed by atoms with Gasteiger partial charge in [-0.2, -0.15) is 0 Å². The van der Waals surface area contributed by atoms with Crippen molar-refractivity contribution in [2.45, 2.75) is 19.3 Å². The highest BCUT2D eigenvalue weighted by atomic mass is 16.2. The quantitative estimate of drug-likeness (QED) is 0.592. The van der Waals surface area contributed by atoms with Gasteiger partial charge >= 0.3 is 0 Å². The lowest BCUT2D eigenvalue weighted by Crippen LogP contribution is -2.32. The number of nitrogens with one attached hydrogen (secondary N) is 2. The van der Waals surface area contributed by atoms with Gasteiger partial charge in [0.25, 0.3) is 5.91 Å². The Bertz CT molecular complexity index is 1220. The van der Waals surface area contributed by atoms with E-state index < -0.39 is 0 Å². The van der Waals surface area contributed by atoms with Gasteiger partial charge in [-0.25, -0.2) is 0 Å². The topological polar surface area (TPSA) is 81.8 Å². The maximum absolute atomic E-state index is 12.4. The van der Waals surface area contributed by atoms with Crippen LogP contribution in [0, 0.1) is 0 Å². The molecular formula is C27H26N4O3. The first kappa shape index (κ1) is 21.7. The second kappa shape index (κ2) is 9.39. The van der Waals surface area contributed by atoms with Crippen LogP contribution in [0.4, 0.5) is 22.7 Å². The maximum atomic E-state index is 12.4. The highest BCUT2D eigenvalue weighted by molar-refractivity contribution is 6.00. The van der Waals surface area contributed by atoms with E-state index in [0.29, 0.717) is 24.2 Å². The lowest BCUT2D eigenvalue weighted by Gasteiger charge is -2.20. The number of anilines is 4. The number of fused-ring (bicyclic) bond motifs is 1. The van der Waals surface area contributed by atoms with E-state index in [1.54, 1.807) is 29.2 Å². The van der Waals surface area contributed by atoms with E-state index in [0.717, 1.165) is 30.8 Å². The Morgan fingerprint density at radius 3 is 2.24 bits per heavy atom. The van der Waals surface area contributed by atoms with E-state index in [1.807, 2.05) is 30.3 Å². The zero-order valence-electron chi connectivity index (χ0n) is 18.8. The van der Waals surface area contributed by atoms with Crippen LogP contribution in [0.15, 0.2) is 72.8 Å². The molecule has 2 N–H and O–H groups in total. The van der Waals surface area contributed by atoms with Gasteiger partial charge in [-0.3, -0.25) is 14.4 Å². The number of amides is 3. The highest BCUT2D eigenvalue weighted by Crippen LogP contribution is 2.34. The number of hydrogen-bond acceptors (Lipinski definition) is 4. The largest absolute Gasteiger partial charge is 0.343 e. The lowest BCUT2D eigenvalue weighted by atomic mass is 10.2. The van der Waals surface area contributed by atoms with Crippen molar-refractivity contribution in [1.29, 1.82) is 0 Å². The summed E-state index contributed by atoms with van der Waals surface area (Å²) in [5.74, 6) is -0.531. The van der Waals surface area contributed by atoms with Crippen LogP contribution in [0.25, 0.3) is 0 Å². The second-order valence-electron chi connectivity index (χ2n) is 8.50. The molecule has 2 aliphatic heterocycles. The normalized spacial score (nSPS) is 14.8. The monoisotopic (exact) mass is 454 g/mol. The molecule has 2 aliphatic rings.